The number of hydrogen-bond acceptors (Lipinski definition) is 9. The molecule has 5 rings (SSSR count). The highest BCUT2D eigenvalue weighted by atomic mass is 16.1. The van der Waals surface area contributed by atoms with Crippen LogP contribution in [-0.4, -0.2) is 89.5 Å². The van der Waals surface area contributed by atoms with Gasteiger partial charge in [-0.25, -0.2) is 9.97 Å². The van der Waals surface area contributed by atoms with E-state index in [-0.39, 0.29) is 5.91 Å². The van der Waals surface area contributed by atoms with E-state index in [2.05, 4.69) is 54.6 Å². The van der Waals surface area contributed by atoms with Crippen molar-refractivity contribution in [2.24, 2.45) is 0 Å². The van der Waals surface area contributed by atoms with Crippen LogP contribution in [0.15, 0.2) is 73.2 Å². The molecule has 1 amide bonds. The van der Waals surface area contributed by atoms with Crippen molar-refractivity contribution in [2.75, 3.05) is 69.4 Å². The van der Waals surface area contributed by atoms with Crippen LogP contribution in [0.2, 0.25) is 0 Å². The van der Waals surface area contributed by atoms with E-state index in [1.807, 2.05) is 49.3 Å². The van der Waals surface area contributed by atoms with Gasteiger partial charge < -0.3 is 25.3 Å². The van der Waals surface area contributed by atoms with Crippen molar-refractivity contribution < 1.29 is 4.79 Å². The molecule has 4 heterocycles. The first-order valence-electron chi connectivity index (χ1n) is 13.0. The number of fused-ring (bicyclic) bond motifs is 1. The van der Waals surface area contributed by atoms with Gasteiger partial charge in [-0.1, -0.05) is 6.08 Å². The van der Waals surface area contributed by atoms with Crippen molar-refractivity contribution in [1.29, 1.82) is 0 Å². The Morgan fingerprint density at radius 2 is 1.74 bits per heavy atom. The molecule has 1 fully saturated rings. The standard InChI is InChI=1S/C29H33N9O/c1-36(2)14-4-5-27(39)33-22-10-12-30-25(19-22)24-11-13-31-26-20-32-29(35-28(24)26)34-21-6-8-23(9-7-21)38-17-15-37(3)16-18-38/h4-13,19-20H,14-18H2,1-3H3,(H,30,33,39)(H,32,34,35)/b5-4+. The third kappa shape index (κ3) is 6.73. The van der Waals surface area contributed by atoms with Crippen LogP contribution in [0.1, 0.15) is 0 Å². The van der Waals surface area contributed by atoms with E-state index in [9.17, 15) is 4.79 Å². The van der Waals surface area contributed by atoms with Gasteiger partial charge >= 0.3 is 0 Å². The SMILES string of the molecule is CN(C)C/C=C/C(=O)Nc1ccnc(-c2ccnc3cnc(Nc4ccc(N5CCN(C)CC5)cc4)nc23)c1. The average molecular weight is 524 g/mol. The monoisotopic (exact) mass is 523 g/mol. The summed E-state index contributed by atoms with van der Waals surface area (Å²) < 4.78 is 0. The van der Waals surface area contributed by atoms with Gasteiger partial charge in [0.05, 0.1) is 11.9 Å². The maximum atomic E-state index is 12.3. The fourth-order valence-corrected chi connectivity index (χ4v) is 4.37. The Balaban J connectivity index is 1.34. The lowest BCUT2D eigenvalue weighted by molar-refractivity contribution is -0.111. The van der Waals surface area contributed by atoms with Gasteiger partial charge in [-0.2, -0.15) is 0 Å². The maximum Gasteiger partial charge on any atom is 0.248 e. The summed E-state index contributed by atoms with van der Waals surface area (Å²) in [7, 11) is 6.06. The van der Waals surface area contributed by atoms with Crippen LogP contribution in [-0.2, 0) is 4.79 Å². The average Bonchev–Trinajstić information content (AvgIpc) is 2.93. The summed E-state index contributed by atoms with van der Waals surface area (Å²) in [5.74, 6) is 0.278. The van der Waals surface area contributed by atoms with Gasteiger partial charge in [0.1, 0.15) is 11.0 Å². The number of pyridine rings is 2. The van der Waals surface area contributed by atoms with Crippen molar-refractivity contribution in [3.63, 3.8) is 0 Å². The van der Waals surface area contributed by atoms with Crippen molar-refractivity contribution >= 4 is 40.0 Å². The molecule has 0 spiro atoms. The Morgan fingerprint density at radius 3 is 2.51 bits per heavy atom. The molecule has 4 aromatic rings. The molecule has 0 aliphatic carbocycles. The van der Waals surface area contributed by atoms with Gasteiger partial charge in [0, 0.05) is 73.8 Å². The Bertz CT molecular complexity index is 1460. The Labute approximate surface area is 228 Å². The van der Waals surface area contributed by atoms with Gasteiger partial charge in [0.2, 0.25) is 11.9 Å². The molecule has 1 aliphatic rings. The Hall–Kier alpha value is -4.41. The summed E-state index contributed by atoms with van der Waals surface area (Å²) in [6.45, 7) is 4.88. The largest absolute Gasteiger partial charge is 0.369 e. The molecule has 2 N–H and O–H groups in total. The van der Waals surface area contributed by atoms with E-state index >= 15 is 0 Å². The van der Waals surface area contributed by atoms with Crippen LogP contribution in [0.3, 0.4) is 0 Å². The van der Waals surface area contributed by atoms with Crippen LogP contribution >= 0.6 is 0 Å². The lowest BCUT2D eigenvalue weighted by atomic mass is 10.1. The molecular weight excluding hydrogens is 490 g/mol. The predicted molar refractivity (Wildman–Crippen MR) is 156 cm³/mol. The number of amides is 1. The van der Waals surface area contributed by atoms with E-state index in [0.29, 0.717) is 34.9 Å². The number of nitrogens with zero attached hydrogens (tertiary/aromatic N) is 7. The number of piperazine rings is 1. The van der Waals surface area contributed by atoms with Gasteiger partial charge in [0.15, 0.2) is 0 Å². The highest BCUT2D eigenvalue weighted by molar-refractivity contribution is 6.00. The smallest absolute Gasteiger partial charge is 0.248 e. The number of rotatable bonds is 8. The van der Waals surface area contributed by atoms with Crippen molar-refractivity contribution in [3.8, 4) is 11.3 Å². The first-order valence-corrected chi connectivity index (χ1v) is 13.0. The van der Waals surface area contributed by atoms with Crippen LogP contribution < -0.4 is 15.5 Å². The van der Waals surface area contributed by atoms with Crippen LogP contribution in [0, 0.1) is 0 Å². The van der Waals surface area contributed by atoms with E-state index in [1.54, 1.807) is 24.7 Å². The lowest BCUT2D eigenvalue weighted by Crippen LogP contribution is -2.44. The van der Waals surface area contributed by atoms with Gasteiger partial charge in [-0.15, -0.1) is 0 Å². The molecule has 0 bridgehead atoms. The van der Waals surface area contributed by atoms with Crippen molar-refractivity contribution in [2.45, 2.75) is 0 Å². The quantitative estimate of drug-likeness (QED) is 0.335. The molecule has 39 heavy (non-hydrogen) atoms. The van der Waals surface area contributed by atoms with Gasteiger partial charge in [-0.3, -0.25) is 14.8 Å². The molecule has 0 unspecified atom stereocenters. The first-order chi connectivity index (χ1) is 18.9. The predicted octanol–water partition coefficient (Wildman–Crippen LogP) is 3.64. The number of likely N-dealkylation sites (N-methyl/N-ethyl adjacent to an activating group) is 2. The highest BCUT2D eigenvalue weighted by Crippen LogP contribution is 2.27. The molecule has 1 aliphatic heterocycles. The fourth-order valence-electron chi connectivity index (χ4n) is 4.37. The number of anilines is 4. The van der Waals surface area contributed by atoms with E-state index < -0.39 is 0 Å². The second-order valence-corrected chi connectivity index (χ2v) is 9.83. The van der Waals surface area contributed by atoms with Crippen LogP contribution in [0.4, 0.5) is 23.0 Å². The minimum atomic E-state index is -0.193. The summed E-state index contributed by atoms with van der Waals surface area (Å²) in [6.07, 6.45) is 8.43. The molecule has 3 aromatic heterocycles. The number of carbonyl (C=O) groups is 1. The number of aromatic nitrogens is 4. The van der Waals surface area contributed by atoms with Gasteiger partial charge in [0.25, 0.3) is 0 Å². The fraction of sp³-hybridized carbons (Fsp3) is 0.276. The summed E-state index contributed by atoms with van der Waals surface area (Å²) in [5, 5.41) is 6.21. The number of hydrogen-bond donors (Lipinski definition) is 2. The summed E-state index contributed by atoms with van der Waals surface area (Å²) >= 11 is 0. The third-order valence-corrected chi connectivity index (χ3v) is 6.51. The van der Waals surface area contributed by atoms with Crippen LogP contribution in [0.5, 0.6) is 0 Å². The minimum Gasteiger partial charge on any atom is -0.369 e. The molecule has 0 saturated carbocycles. The molecule has 1 saturated heterocycles. The zero-order chi connectivity index (χ0) is 27.2. The molecule has 10 heteroatoms. The number of nitrogens with one attached hydrogen (secondary N) is 2. The zero-order valence-electron chi connectivity index (χ0n) is 22.5. The van der Waals surface area contributed by atoms with Gasteiger partial charge in [-0.05, 0) is 63.6 Å². The molecule has 200 valence electrons. The maximum absolute atomic E-state index is 12.3. The molecule has 1 aromatic carbocycles. The zero-order valence-corrected chi connectivity index (χ0v) is 22.5. The summed E-state index contributed by atoms with van der Waals surface area (Å²) in [6, 6.07) is 13.8. The van der Waals surface area contributed by atoms with Crippen molar-refractivity contribution in [3.05, 3.63) is 73.2 Å². The highest BCUT2D eigenvalue weighted by Gasteiger charge is 2.15. The summed E-state index contributed by atoms with van der Waals surface area (Å²) in [4.78, 5) is 37.2. The number of carbonyl (C=O) groups excluding carboxylic acids is 1. The molecular formula is C29H33N9O. The Kier molecular flexibility index (Phi) is 8.04. The molecule has 0 atom stereocenters. The van der Waals surface area contributed by atoms with E-state index in [4.69, 9.17) is 4.98 Å². The van der Waals surface area contributed by atoms with E-state index in [1.165, 1.54) is 11.8 Å². The van der Waals surface area contributed by atoms with Crippen molar-refractivity contribution in [1.82, 2.24) is 29.7 Å². The number of benzene rings is 1. The lowest BCUT2D eigenvalue weighted by Gasteiger charge is -2.34. The first kappa shape index (κ1) is 26.2. The molecule has 10 nitrogen and oxygen atoms in total. The Morgan fingerprint density at radius 1 is 0.974 bits per heavy atom. The third-order valence-electron chi connectivity index (χ3n) is 6.51. The van der Waals surface area contributed by atoms with E-state index in [0.717, 1.165) is 37.4 Å². The topological polar surface area (TPSA) is 102 Å². The minimum absolute atomic E-state index is 0.193. The second-order valence-electron chi connectivity index (χ2n) is 9.83. The second kappa shape index (κ2) is 12.0. The summed E-state index contributed by atoms with van der Waals surface area (Å²) in [5.41, 5.74) is 5.58. The molecule has 0 radical (unpaired) electrons. The normalized spacial score (nSPS) is 14.3. The van der Waals surface area contributed by atoms with Crippen LogP contribution in [0.25, 0.3) is 22.3 Å².